The number of nitrogens with zero attached hydrogens (tertiary/aromatic N) is 3. The average Bonchev–Trinajstić information content (AvgIpc) is 2.89. The highest BCUT2D eigenvalue weighted by molar-refractivity contribution is 9.09. The molecule has 1 heterocycles. The molecular weight excluding hydrogens is 405 g/mol. The molecule has 0 atom stereocenters. The number of nitro benzene ring substituents is 1. The van der Waals surface area contributed by atoms with Crippen molar-refractivity contribution in [1.29, 1.82) is 5.26 Å². The number of rotatable bonds is 4. The third-order valence-electron chi connectivity index (χ3n) is 4.01. The van der Waals surface area contributed by atoms with E-state index in [0.717, 1.165) is 0 Å². The van der Waals surface area contributed by atoms with Gasteiger partial charge >= 0.3 is 0 Å². The van der Waals surface area contributed by atoms with Crippen molar-refractivity contribution in [2.75, 3.05) is 16.8 Å². The molecule has 1 amide bonds. The minimum absolute atomic E-state index is 0.0498. The maximum Gasteiger partial charge on any atom is 0.269 e. The van der Waals surface area contributed by atoms with E-state index in [0.29, 0.717) is 28.7 Å². The van der Waals surface area contributed by atoms with Crippen molar-refractivity contribution in [2.45, 2.75) is 0 Å². The van der Waals surface area contributed by atoms with Gasteiger partial charge in [-0.15, -0.1) is 0 Å². The number of anilines is 1. The lowest BCUT2D eigenvalue weighted by molar-refractivity contribution is -0.384. The van der Waals surface area contributed by atoms with E-state index in [1.165, 1.54) is 47.4 Å². The fourth-order valence-corrected chi connectivity index (χ4v) is 3.22. The predicted molar refractivity (Wildman–Crippen MR) is 98.1 cm³/mol. The summed E-state index contributed by atoms with van der Waals surface area (Å²) in [5.74, 6) is -0.921. The first-order valence-corrected chi connectivity index (χ1v) is 8.67. The van der Waals surface area contributed by atoms with Crippen LogP contribution in [0, 0.1) is 27.3 Å². The number of non-ortho nitro benzene ring substituents is 1. The van der Waals surface area contributed by atoms with E-state index < -0.39 is 16.6 Å². The molecule has 26 heavy (non-hydrogen) atoms. The van der Waals surface area contributed by atoms with Crippen LogP contribution in [0.25, 0.3) is 11.1 Å². The maximum atomic E-state index is 13.8. The van der Waals surface area contributed by atoms with Crippen molar-refractivity contribution < 1.29 is 14.1 Å². The Morgan fingerprint density at radius 2 is 1.96 bits per heavy atom. The number of carbonyl (C=O) groups excluding carboxylic acids is 1. The van der Waals surface area contributed by atoms with Gasteiger partial charge in [-0.3, -0.25) is 14.9 Å². The van der Waals surface area contributed by atoms with E-state index in [4.69, 9.17) is 0 Å². The summed E-state index contributed by atoms with van der Waals surface area (Å²) >= 11 is 3.28. The molecule has 1 aliphatic heterocycles. The van der Waals surface area contributed by atoms with Crippen LogP contribution >= 0.6 is 15.9 Å². The molecule has 0 saturated carbocycles. The number of carbonyl (C=O) groups is 1. The van der Waals surface area contributed by atoms with Gasteiger partial charge in [0.2, 0.25) is 0 Å². The predicted octanol–water partition coefficient (Wildman–Crippen LogP) is 3.91. The second-order valence-electron chi connectivity index (χ2n) is 5.47. The number of halogens is 2. The molecule has 0 radical (unpaired) electrons. The zero-order valence-corrected chi connectivity index (χ0v) is 14.9. The van der Waals surface area contributed by atoms with E-state index >= 15 is 0 Å². The smallest absolute Gasteiger partial charge is 0.269 e. The molecular formula is C18H11BrFN3O3. The van der Waals surface area contributed by atoms with Gasteiger partial charge in [0.25, 0.3) is 11.6 Å². The quantitative estimate of drug-likeness (QED) is 0.249. The Kier molecular flexibility index (Phi) is 4.82. The molecule has 1 aliphatic rings. The number of amides is 1. The fraction of sp³-hybridized carbons (Fsp3) is 0.111. The van der Waals surface area contributed by atoms with E-state index in [1.807, 2.05) is 6.07 Å². The monoisotopic (exact) mass is 415 g/mol. The summed E-state index contributed by atoms with van der Waals surface area (Å²) in [6.45, 7) is 0.361. The maximum absolute atomic E-state index is 13.8. The summed E-state index contributed by atoms with van der Waals surface area (Å²) in [5, 5.41) is 20.9. The molecule has 3 rings (SSSR count). The van der Waals surface area contributed by atoms with Crippen LogP contribution in [-0.2, 0) is 4.79 Å². The van der Waals surface area contributed by atoms with Gasteiger partial charge in [0.1, 0.15) is 11.9 Å². The molecule has 0 fully saturated rings. The van der Waals surface area contributed by atoms with Crippen molar-refractivity contribution in [3.05, 3.63) is 69.5 Å². The first kappa shape index (κ1) is 17.8. The van der Waals surface area contributed by atoms with Crippen LogP contribution in [0.2, 0.25) is 0 Å². The standard InChI is InChI=1S/C18H11BrFN3O3/c19-7-8-22-16-6-3-12(20)9-14(16)17(18(22)24)15(10-21)11-1-4-13(5-2-11)23(25)26/h1-6,9H,7-8H2/b17-15-. The minimum Gasteiger partial charge on any atom is -0.307 e. The van der Waals surface area contributed by atoms with Gasteiger partial charge in [-0.25, -0.2) is 4.39 Å². The highest BCUT2D eigenvalue weighted by Crippen LogP contribution is 2.41. The minimum atomic E-state index is -0.550. The lowest BCUT2D eigenvalue weighted by Gasteiger charge is -2.15. The molecule has 8 heteroatoms. The third-order valence-corrected chi connectivity index (χ3v) is 4.37. The SMILES string of the molecule is N#C/C(=C1/C(=O)N(CCBr)c2ccc(F)cc21)c1ccc([N+](=O)[O-])cc1. The zero-order valence-electron chi connectivity index (χ0n) is 13.3. The molecule has 0 bridgehead atoms. The summed E-state index contributed by atoms with van der Waals surface area (Å²) in [7, 11) is 0. The highest BCUT2D eigenvalue weighted by Gasteiger charge is 2.35. The van der Waals surface area contributed by atoms with Gasteiger partial charge in [-0.05, 0) is 35.9 Å². The first-order valence-electron chi connectivity index (χ1n) is 7.55. The number of fused-ring (bicyclic) bond motifs is 1. The first-order chi connectivity index (χ1) is 12.5. The Hall–Kier alpha value is -3.05. The van der Waals surface area contributed by atoms with Gasteiger partial charge in [0.05, 0.1) is 21.8 Å². The number of nitro groups is 1. The number of alkyl halides is 1. The average molecular weight is 416 g/mol. The zero-order chi connectivity index (χ0) is 18.8. The molecule has 0 aliphatic carbocycles. The molecule has 2 aromatic carbocycles. The normalized spacial score (nSPS) is 14.8. The third kappa shape index (κ3) is 2.97. The van der Waals surface area contributed by atoms with Gasteiger partial charge in [-0.2, -0.15) is 5.26 Å². The van der Waals surface area contributed by atoms with Crippen LogP contribution in [0.5, 0.6) is 0 Å². The topological polar surface area (TPSA) is 87.2 Å². The van der Waals surface area contributed by atoms with Gasteiger partial charge in [0, 0.05) is 29.6 Å². The van der Waals surface area contributed by atoms with Crippen molar-refractivity contribution >= 4 is 44.4 Å². The van der Waals surface area contributed by atoms with Crippen LogP contribution < -0.4 is 4.90 Å². The Morgan fingerprint density at radius 3 is 2.54 bits per heavy atom. The van der Waals surface area contributed by atoms with E-state index in [9.17, 15) is 24.6 Å². The number of hydrogen-bond donors (Lipinski definition) is 0. The van der Waals surface area contributed by atoms with Crippen molar-refractivity contribution in [3.8, 4) is 6.07 Å². The molecule has 130 valence electrons. The van der Waals surface area contributed by atoms with E-state index in [2.05, 4.69) is 15.9 Å². The Balaban J connectivity index is 2.21. The molecule has 0 aromatic heterocycles. The Bertz CT molecular complexity index is 980. The number of benzene rings is 2. The van der Waals surface area contributed by atoms with Crippen molar-refractivity contribution in [1.82, 2.24) is 0 Å². The lowest BCUT2D eigenvalue weighted by Crippen LogP contribution is -2.28. The number of allylic oxidation sites excluding steroid dienone is 1. The van der Waals surface area contributed by atoms with Gasteiger partial charge in [-0.1, -0.05) is 15.9 Å². The fourth-order valence-electron chi connectivity index (χ4n) is 2.87. The molecule has 2 aromatic rings. The summed E-state index contributed by atoms with van der Waals surface area (Å²) in [4.78, 5) is 24.6. The Morgan fingerprint density at radius 1 is 1.27 bits per heavy atom. The van der Waals surface area contributed by atoms with Gasteiger partial charge in [0.15, 0.2) is 0 Å². The molecule has 6 nitrogen and oxygen atoms in total. The Labute approximate surface area is 156 Å². The molecule has 0 spiro atoms. The summed E-state index contributed by atoms with van der Waals surface area (Å²) in [5.41, 5.74) is 1.25. The van der Waals surface area contributed by atoms with Crippen LogP contribution in [-0.4, -0.2) is 22.7 Å². The summed E-state index contributed by atoms with van der Waals surface area (Å²) < 4.78 is 13.8. The van der Waals surface area contributed by atoms with Crippen LogP contribution in [0.3, 0.4) is 0 Å². The van der Waals surface area contributed by atoms with Crippen molar-refractivity contribution in [3.63, 3.8) is 0 Å². The van der Waals surface area contributed by atoms with Crippen molar-refractivity contribution in [2.24, 2.45) is 0 Å². The van der Waals surface area contributed by atoms with E-state index in [1.54, 1.807) is 0 Å². The summed E-state index contributed by atoms with van der Waals surface area (Å²) in [6, 6.07) is 11.3. The summed E-state index contributed by atoms with van der Waals surface area (Å²) in [6.07, 6.45) is 0. The van der Waals surface area contributed by atoms with Crippen LogP contribution in [0.15, 0.2) is 42.5 Å². The highest BCUT2D eigenvalue weighted by atomic mass is 79.9. The van der Waals surface area contributed by atoms with Crippen LogP contribution in [0.1, 0.15) is 11.1 Å². The molecule has 0 unspecified atom stereocenters. The largest absolute Gasteiger partial charge is 0.307 e. The number of nitriles is 1. The number of hydrogen-bond acceptors (Lipinski definition) is 4. The lowest BCUT2D eigenvalue weighted by atomic mass is 9.96. The molecule has 0 saturated heterocycles. The molecule has 0 N–H and O–H groups in total. The van der Waals surface area contributed by atoms with Gasteiger partial charge < -0.3 is 4.90 Å². The second kappa shape index (κ2) is 7.06. The second-order valence-corrected chi connectivity index (χ2v) is 6.27. The van der Waals surface area contributed by atoms with Crippen LogP contribution in [0.4, 0.5) is 15.8 Å². The van der Waals surface area contributed by atoms with E-state index in [-0.39, 0.29) is 16.8 Å².